The third kappa shape index (κ3) is 3.77. The first-order valence-corrected chi connectivity index (χ1v) is 7.43. The maximum atomic E-state index is 5.35. The molecule has 0 aliphatic heterocycles. The van der Waals surface area contributed by atoms with Gasteiger partial charge in [0.15, 0.2) is 0 Å². The fourth-order valence-corrected chi connectivity index (χ4v) is 2.51. The van der Waals surface area contributed by atoms with E-state index in [1.54, 1.807) is 18.4 Å². The highest BCUT2D eigenvalue weighted by Crippen LogP contribution is 2.28. The summed E-state index contributed by atoms with van der Waals surface area (Å²) in [6.45, 7) is 9.19. The van der Waals surface area contributed by atoms with Crippen molar-refractivity contribution in [3.05, 3.63) is 28.8 Å². The Kier molecular flexibility index (Phi) is 4.40. The molecule has 2 rings (SSSR count). The van der Waals surface area contributed by atoms with Crippen molar-refractivity contribution in [3.63, 3.8) is 0 Å². The molecule has 1 aromatic carbocycles. The lowest BCUT2D eigenvalue weighted by molar-refractivity contribution is 0.412. The molecule has 1 heterocycles. The van der Waals surface area contributed by atoms with Gasteiger partial charge in [-0.3, -0.25) is 0 Å². The number of aromatic nitrogens is 2. The molecular formula is C15H21N3OS. The second-order valence-electron chi connectivity index (χ2n) is 5.79. The van der Waals surface area contributed by atoms with E-state index in [1.165, 1.54) is 0 Å². The highest BCUT2D eigenvalue weighted by atomic mass is 32.1. The predicted molar refractivity (Wildman–Crippen MR) is 83.2 cm³/mol. The van der Waals surface area contributed by atoms with Crippen molar-refractivity contribution in [1.29, 1.82) is 0 Å². The molecule has 108 valence electrons. The van der Waals surface area contributed by atoms with Crippen LogP contribution in [0.2, 0.25) is 0 Å². The average Bonchev–Trinajstić information content (AvgIpc) is 2.85. The summed E-state index contributed by atoms with van der Waals surface area (Å²) in [5.41, 5.74) is 2.25. The molecule has 0 radical (unpaired) electrons. The van der Waals surface area contributed by atoms with E-state index in [4.69, 9.17) is 4.74 Å². The van der Waals surface area contributed by atoms with Gasteiger partial charge in [0.2, 0.25) is 0 Å². The lowest BCUT2D eigenvalue weighted by Crippen LogP contribution is -2.35. The monoisotopic (exact) mass is 291 g/mol. The van der Waals surface area contributed by atoms with E-state index in [1.807, 2.05) is 19.1 Å². The van der Waals surface area contributed by atoms with Crippen LogP contribution in [0.1, 0.15) is 31.3 Å². The van der Waals surface area contributed by atoms with E-state index in [2.05, 4.69) is 42.4 Å². The minimum atomic E-state index is 0.0823. The SMILES string of the molecule is COc1cc(-c2nnc(CNC(C)(C)C)s2)ccc1C. The van der Waals surface area contributed by atoms with Crippen LogP contribution in [0.25, 0.3) is 10.6 Å². The van der Waals surface area contributed by atoms with Gasteiger partial charge in [0.1, 0.15) is 15.8 Å². The highest BCUT2D eigenvalue weighted by molar-refractivity contribution is 7.14. The molecule has 0 saturated heterocycles. The van der Waals surface area contributed by atoms with Crippen LogP contribution in [0.15, 0.2) is 18.2 Å². The molecule has 0 aliphatic carbocycles. The summed E-state index contributed by atoms with van der Waals surface area (Å²) in [5.74, 6) is 0.882. The Hall–Kier alpha value is -1.46. The number of methoxy groups -OCH3 is 1. The van der Waals surface area contributed by atoms with Crippen LogP contribution < -0.4 is 10.1 Å². The lowest BCUT2D eigenvalue weighted by Gasteiger charge is -2.19. The number of aryl methyl sites for hydroxylation is 1. The van der Waals surface area contributed by atoms with Crippen LogP contribution in [-0.4, -0.2) is 22.8 Å². The fourth-order valence-electron chi connectivity index (χ4n) is 1.74. The van der Waals surface area contributed by atoms with E-state index >= 15 is 0 Å². The Morgan fingerprint density at radius 1 is 1.25 bits per heavy atom. The zero-order valence-electron chi connectivity index (χ0n) is 12.7. The first kappa shape index (κ1) is 14.9. The zero-order valence-corrected chi connectivity index (χ0v) is 13.5. The molecule has 5 heteroatoms. The molecule has 1 N–H and O–H groups in total. The first-order valence-electron chi connectivity index (χ1n) is 6.61. The van der Waals surface area contributed by atoms with Crippen molar-refractivity contribution in [2.24, 2.45) is 0 Å². The Morgan fingerprint density at radius 2 is 2.00 bits per heavy atom. The van der Waals surface area contributed by atoms with Gasteiger partial charge in [0.25, 0.3) is 0 Å². The molecule has 0 fully saturated rings. The van der Waals surface area contributed by atoms with Gasteiger partial charge in [-0.25, -0.2) is 0 Å². The number of nitrogens with one attached hydrogen (secondary N) is 1. The summed E-state index contributed by atoms with van der Waals surface area (Å²) in [7, 11) is 1.69. The van der Waals surface area contributed by atoms with Crippen LogP contribution in [0.4, 0.5) is 0 Å². The Balaban J connectivity index is 2.16. The topological polar surface area (TPSA) is 47.0 Å². The number of hydrogen-bond donors (Lipinski definition) is 1. The summed E-state index contributed by atoms with van der Waals surface area (Å²) in [6.07, 6.45) is 0. The van der Waals surface area contributed by atoms with Crippen LogP contribution >= 0.6 is 11.3 Å². The molecule has 1 aromatic heterocycles. The van der Waals surface area contributed by atoms with E-state index in [9.17, 15) is 0 Å². The average molecular weight is 291 g/mol. The predicted octanol–water partition coefficient (Wildman–Crippen LogP) is 3.41. The molecule has 4 nitrogen and oxygen atoms in total. The van der Waals surface area contributed by atoms with Gasteiger partial charge in [0.05, 0.1) is 13.7 Å². The largest absolute Gasteiger partial charge is 0.496 e. The van der Waals surface area contributed by atoms with Crippen molar-refractivity contribution in [3.8, 4) is 16.3 Å². The van der Waals surface area contributed by atoms with Gasteiger partial charge in [-0.05, 0) is 39.3 Å². The molecule has 0 amide bonds. The second kappa shape index (κ2) is 5.89. The van der Waals surface area contributed by atoms with Crippen LogP contribution in [0, 0.1) is 6.92 Å². The smallest absolute Gasteiger partial charge is 0.147 e. The van der Waals surface area contributed by atoms with Crippen molar-refractivity contribution in [1.82, 2.24) is 15.5 Å². The van der Waals surface area contributed by atoms with Gasteiger partial charge in [-0.1, -0.05) is 23.5 Å². The van der Waals surface area contributed by atoms with Gasteiger partial charge in [-0.2, -0.15) is 0 Å². The molecule has 0 bridgehead atoms. The summed E-state index contributed by atoms with van der Waals surface area (Å²) in [4.78, 5) is 0. The summed E-state index contributed by atoms with van der Waals surface area (Å²) in [6, 6.07) is 6.11. The summed E-state index contributed by atoms with van der Waals surface area (Å²) < 4.78 is 5.35. The maximum Gasteiger partial charge on any atom is 0.147 e. The Bertz CT molecular complexity index is 587. The zero-order chi connectivity index (χ0) is 14.8. The second-order valence-corrected chi connectivity index (χ2v) is 6.85. The van der Waals surface area contributed by atoms with E-state index < -0.39 is 0 Å². The van der Waals surface area contributed by atoms with Crippen LogP contribution in [-0.2, 0) is 6.54 Å². The van der Waals surface area contributed by atoms with Crippen molar-refractivity contribution in [2.75, 3.05) is 7.11 Å². The van der Waals surface area contributed by atoms with Gasteiger partial charge in [0, 0.05) is 11.1 Å². The normalized spacial score (nSPS) is 11.7. The summed E-state index contributed by atoms with van der Waals surface area (Å²) in [5, 5.41) is 13.8. The molecule has 2 aromatic rings. The summed E-state index contributed by atoms with van der Waals surface area (Å²) >= 11 is 1.61. The van der Waals surface area contributed by atoms with E-state index in [0.29, 0.717) is 0 Å². The van der Waals surface area contributed by atoms with E-state index in [-0.39, 0.29) is 5.54 Å². The molecule has 0 atom stereocenters. The Labute approximate surface area is 124 Å². The number of rotatable bonds is 4. The van der Waals surface area contributed by atoms with Gasteiger partial charge >= 0.3 is 0 Å². The van der Waals surface area contributed by atoms with Crippen LogP contribution in [0.5, 0.6) is 5.75 Å². The fraction of sp³-hybridized carbons (Fsp3) is 0.467. The molecule has 0 saturated carbocycles. The van der Waals surface area contributed by atoms with Gasteiger partial charge in [-0.15, -0.1) is 10.2 Å². The molecule has 0 unspecified atom stereocenters. The van der Waals surface area contributed by atoms with E-state index in [0.717, 1.165) is 33.4 Å². The van der Waals surface area contributed by atoms with Crippen molar-refractivity contribution < 1.29 is 4.74 Å². The van der Waals surface area contributed by atoms with Crippen molar-refractivity contribution >= 4 is 11.3 Å². The lowest BCUT2D eigenvalue weighted by atomic mass is 10.1. The number of nitrogens with zero attached hydrogens (tertiary/aromatic N) is 2. The minimum Gasteiger partial charge on any atom is -0.496 e. The number of hydrogen-bond acceptors (Lipinski definition) is 5. The molecular weight excluding hydrogens is 270 g/mol. The van der Waals surface area contributed by atoms with Crippen LogP contribution in [0.3, 0.4) is 0 Å². The standard InChI is InChI=1S/C15H21N3OS/c1-10-6-7-11(8-12(10)19-5)14-18-17-13(20-14)9-16-15(2,3)4/h6-8,16H,9H2,1-5H3. The Morgan fingerprint density at radius 3 is 2.65 bits per heavy atom. The number of ether oxygens (including phenoxy) is 1. The van der Waals surface area contributed by atoms with Crippen molar-refractivity contribution in [2.45, 2.75) is 39.8 Å². The third-order valence-corrected chi connectivity index (χ3v) is 3.86. The third-order valence-electron chi connectivity index (χ3n) is 2.89. The quantitative estimate of drug-likeness (QED) is 0.937. The molecule has 20 heavy (non-hydrogen) atoms. The maximum absolute atomic E-state index is 5.35. The minimum absolute atomic E-state index is 0.0823. The molecule has 0 spiro atoms. The highest BCUT2D eigenvalue weighted by Gasteiger charge is 2.12. The number of benzene rings is 1. The van der Waals surface area contributed by atoms with Gasteiger partial charge < -0.3 is 10.1 Å². The first-order chi connectivity index (χ1) is 9.39. The molecule has 0 aliphatic rings.